The summed E-state index contributed by atoms with van der Waals surface area (Å²) < 4.78 is 0. The van der Waals surface area contributed by atoms with Crippen LogP contribution in [0.5, 0.6) is 0 Å². The first-order chi connectivity index (χ1) is 7.29. The minimum atomic E-state index is 1.27. The molecule has 1 aliphatic rings. The maximum Gasteiger partial charge on any atom is -0.0101 e. The number of hydrogen-bond donors (Lipinski definition) is 0. The van der Waals surface area contributed by atoms with Crippen LogP contribution in [0.1, 0.15) is 37.5 Å². The van der Waals surface area contributed by atoms with E-state index in [1.165, 1.54) is 22.3 Å². The molecule has 2 rings (SSSR count). The Kier molecular flexibility index (Phi) is 4.15. The second-order valence-corrected chi connectivity index (χ2v) is 3.37. The van der Waals surface area contributed by atoms with Gasteiger partial charge in [-0.3, -0.25) is 0 Å². The van der Waals surface area contributed by atoms with E-state index in [2.05, 4.69) is 43.9 Å². The number of hydrogen-bond acceptors (Lipinski definition) is 0. The Bertz CT molecular complexity index is 427. The van der Waals surface area contributed by atoms with Gasteiger partial charge in [0.05, 0.1) is 0 Å². The maximum absolute atomic E-state index is 3.13. The molecule has 0 fully saturated rings. The van der Waals surface area contributed by atoms with E-state index in [0.29, 0.717) is 0 Å². The van der Waals surface area contributed by atoms with E-state index in [4.69, 9.17) is 0 Å². The number of rotatable bonds is 0. The SMILES string of the molecule is CC.CC1=CC=C=Cc2cccc(C)c21. The van der Waals surface area contributed by atoms with Crippen molar-refractivity contribution in [3.8, 4) is 0 Å². The minimum Gasteiger partial charge on any atom is -0.120 e. The Morgan fingerprint density at radius 1 is 1.07 bits per heavy atom. The van der Waals surface area contributed by atoms with Crippen LogP contribution in [0.4, 0.5) is 0 Å². The van der Waals surface area contributed by atoms with Crippen molar-refractivity contribution in [3.05, 3.63) is 52.8 Å². The number of benzene rings is 1. The molecule has 0 bridgehead atoms. The van der Waals surface area contributed by atoms with E-state index < -0.39 is 0 Å². The van der Waals surface area contributed by atoms with Crippen molar-refractivity contribution in [2.45, 2.75) is 27.7 Å². The van der Waals surface area contributed by atoms with Gasteiger partial charge >= 0.3 is 0 Å². The van der Waals surface area contributed by atoms with Crippen LogP contribution in [0, 0.1) is 6.92 Å². The summed E-state index contributed by atoms with van der Waals surface area (Å²) in [7, 11) is 0. The lowest BCUT2D eigenvalue weighted by Crippen LogP contribution is -1.89. The summed E-state index contributed by atoms with van der Waals surface area (Å²) in [5.41, 5.74) is 8.40. The third-order valence-electron chi connectivity index (χ3n) is 2.37. The van der Waals surface area contributed by atoms with Gasteiger partial charge in [0.15, 0.2) is 0 Å². The van der Waals surface area contributed by atoms with Gasteiger partial charge in [0.25, 0.3) is 0 Å². The van der Waals surface area contributed by atoms with Gasteiger partial charge in [-0.25, -0.2) is 0 Å². The van der Waals surface area contributed by atoms with Crippen LogP contribution in [-0.4, -0.2) is 0 Å². The van der Waals surface area contributed by atoms with Gasteiger partial charge < -0.3 is 0 Å². The third-order valence-corrected chi connectivity index (χ3v) is 2.37. The van der Waals surface area contributed by atoms with Crippen molar-refractivity contribution in [2.75, 3.05) is 0 Å². The number of fused-ring (bicyclic) bond motifs is 1. The Morgan fingerprint density at radius 2 is 1.80 bits per heavy atom. The third kappa shape index (κ3) is 2.49. The fourth-order valence-electron chi connectivity index (χ4n) is 1.74. The second kappa shape index (κ2) is 5.38. The minimum absolute atomic E-state index is 1.27. The lowest BCUT2D eigenvalue weighted by atomic mass is 9.96. The van der Waals surface area contributed by atoms with Crippen LogP contribution < -0.4 is 0 Å². The molecule has 1 aromatic carbocycles. The zero-order chi connectivity index (χ0) is 11.3. The van der Waals surface area contributed by atoms with Gasteiger partial charge in [-0.2, -0.15) is 0 Å². The van der Waals surface area contributed by atoms with Gasteiger partial charge in [0.1, 0.15) is 0 Å². The first kappa shape index (κ1) is 11.6. The predicted molar refractivity (Wildman–Crippen MR) is 68.7 cm³/mol. The summed E-state index contributed by atoms with van der Waals surface area (Å²) in [5.74, 6) is 0. The van der Waals surface area contributed by atoms with Crippen molar-refractivity contribution in [1.82, 2.24) is 0 Å². The zero-order valence-corrected chi connectivity index (χ0v) is 9.96. The Hall–Kier alpha value is -1.52. The first-order valence-electron chi connectivity index (χ1n) is 5.48. The number of allylic oxidation sites excluding steroid dienone is 3. The zero-order valence-electron chi connectivity index (χ0n) is 9.96. The first-order valence-corrected chi connectivity index (χ1v) is 5.48. The Morgan fingerprint density at radius 3 is 2.53 bits per heavy atom. The Labute approximate surface area is 92.6 Å². The van der Waals surface area contributed by atoms with Crippen LogP contribution in [0.15, 0.2) is 36.1 Å². The van der Waals surface area contributed by atoms with Crippen molar-refractivity contribution in [1.29, 1.82) is 0 Å². The predicted octanol–water partition coefficient (Wildman–Crippen LogP) is 4.61. The van der Waals surface area contributed by atoms with Gasteiger partial charge in [0.2, 0.25) is 0 Å². The average Bonchev–Trinajstić information content (AvgIpc) is 2.45. The fourth-order valence-corrected chi connectivity index (χ4v) is 1.74. The van der Waals surface area contributed by atoms with E-state index in [9.17, 15) is 0 Å². The van der Waals surface area contributed by atoms with Crippen molar-refractivity contribution in [2.24, 2.45) is 0 Å². The summed E-state index contributed by atoms with van der Waals surface area (Å²) >= 11 is 0. The van der Waals surface area contributed by atoms with E-state index in [-0.39, 0.29) is 0 Å². The molecule has 0 atom stereocenters. The van der Waals surface area contributed by atoms with Gasteiger partial charge in [-0.15, -0.1) is 5.73 Å². The quantitative estimate of drug-likeness (QED) is 0.534. The molecule has 0 aliphatic heterocycles. The summed E-state index contributed by atoms with van der Waals surface area (Å²) in [6, 6.07) is 6.37. The fraction of sp³-hybridized carbons (Fsp3) is 0.267. The van der Waals surface area contributed by atoms with E-state index in [1.54, 1.807) is 0 Å². The molecule has 0 radical (unpaired) electrons. The highest BCUT2D eigenvalue weighted by Gasteiger charge is 2.05. The smallest absolute Gasteiger partial charge is 0.0101 e. The van der Waals surface area contributed by atoms with Gasteiger partial charge in [-0.1, -0.05) is 38.1 Å². The lowest BCUT2D eigenvalue weighted by Gasteiger charge is -2.08. The maximum atomic E-state index is 3.13. The topological polar surface area (TPSA) is 0 Å². The summed E-state index contributed by atoms with van der Waals surface area (Å²) in [6.45, 7) is 8.29. The summed E-state index contributed by atoms with van der Waals surface area (Å²) in [4.78, 5) is 0. The van der Waals surface area contributed by atoms with E-state index in [1.807, 2.05) is 26.0 Å². The molecule has 0 saturated carbocycles. The molecule has 0 N–H and O–H groups in total. The van der Waals surface area contributed by atoms with Crippen LogP contribution in [-0.2, 0) is 0 Å². The highest BCUT2D eigenvalue weighted by molar-refractivity contribution is 5.77. The molecule has 78 valence electrons. The van der Waals surface area contributed by atoms with Gasteiger partial charge in [0, 0.05) is 0 Å². The largest absolute Gasteiger partial charge is 0.120 e. The molecule has 0 heterocycles. The molecule has 0 amide bonds. The van der Waals surface area contributed by atoms with Crippen molar-refractivity contribution < 1.29 is 0 Å². The summed E-state index contributed by atoms with van der Waals surface area (Å²) in [5, 5.41) is 0. The molecule has 1 aromatic rings. The van der Waals surface area contributed by atoms with Crippen LogP contribution in [0.2, 0.25) is 0 Å². The van der Waals surface area contributed by atoms with Crippen molar-refractivity contribution in [3.63, 3.8) is 0 Å². The van der Waals surface area contributed by atoms with Crippen LogP contribution in [0.3, 0.4) is 0 Å². The normalized spacial score (nSPS) is 12.1. The molecule has 0 heteroatoms. The number of aryl methyl sites for hydroxylation is 1. The van der Waals surface area contributed by atoms with E-state index >= 15 is 0 Å². The average molecular weight is 198 g/mol. The van der Waals surface area contributed by atoms with Gasteiger partial charge in [-0.05, 0) is 48.3 Å². The standard InChI is InChI=1S/C13H12.C2H6/c1-10-6-3-4-8-12-9-5-7-11(2)13(10)12;1-2/h3,5-9H,1-2H3;1-2H3. The highest BCUT2D eigenvalue weighted by atomic mass is 14.1. The molecular weight excluding hydrogens is 180 g/mol. The van der Waals surface area contributed by atoms with Crippen LogP contribution >= 0.6 is 0 Å². The molecule has 0 nitrogen and oxygen atoms in total. The molecule has 0 spiro atoms. The lowest BCUT2D eigenvalue weighted by molar-refractivity contribution is 1.40. The molecule has 15 heavy (non-hydrogen) atoms. The van der Waals surface area contributed by atoms with E-state index in [0.717, 1.165) is 0 Å². The summed E-state index contributed by atoms with van der Waals surface area (Å²) in [6.07, 6.45) is 6.11. The Balaban J connectivity index is 0.000000531. The highest BCUT2D eigenvalue weighted by Crippen LogP contribution is 2.25. The second-order valence-electron chi connectivity index (χ2n) is 3.37. The monoisotopic (exact) mass is 198 g/mol. The van der Waals surface area contributed by atoms with Crippen LogP contribution in [0.25, 0.3) is 11.6 Å². The molecule has 0 aromatic heterocycles. The molecule has 0 unspecified atom stereocenters. The molecular formula is C15H18. The van der Waals surface area contributed by atoms with Crippen molar-refractivity contribution >= 4 is 11.6 Å². The molecule has 0 saturated heterocycles. The molecule has 1 aliphatic carbocycles.